The minimum absolute atomic E-state index is 0.169. The predicted molar refractivity (Wildman–Crippen MR) is 64.6 cm³/mol. The summed E-state index contributed by atoms with van der Waals surface area (Å²) in [6.45, 7) is 2.74. The summed E-state index contributed by atoms with van der Waals surface area (Å²) in [6, 6.07) is 2.04. The Morgan fingerprint density at radius 3 is 2.21 bits per heavy atom. The fourth-order valence-electron chi connectivity index (χ4n) is 1.55. The summed E-state index contributed by atoms with van der Waals surface area (Å²) in [5.74, 6) is -3.95. The Labute approximate surface area is 110 Å². The molecule has 0 aliphatic carbocycles. The van der Waals surface area contributed by atoms with Crippen molar-refractivity contribution in [2.45, 2.75) is 25.2 Å². The van der Waals surface area contributed by atoms with Crippen LogP contribution in [0.1, 0.15) is 19.4 Å². The normalized spacial score (nSPS) is 12.5. The molecule has 0 saturated carbocycles. The molecule has 1 aromatic rings. The Morgan fingerprint density at radius 2 is 1.79 bits per heavy atom. The Kier molecular flexibility index (Phi) is 4.00. The van der Waals surface area contributed by atoms with Crippen LogP contribution in [0.4, 0.5) is 8.78 Å². The van der Waals surface area contributed by atoms with Gasteiger partial charge in [0.05, 0.1) is 5.41 Å². The van der Waals surface area contributed by atoms with E-state index < -0.39 is 37.8 Å². The summed E-state index contributed by atoms with van der Waals surface area (Å²) >= 11 is 0. The van der Waals surface area contributed by atoms with Gasteiger partial charge in [0.1, 0.15) is 4.90 Å². The van der Waals surface area contributed by atoms with Gasteiger partial charge in [-0.1, -0.05) is 6.07 Å². The monoisotopic (exact) mass is 292 g/mol. The molecule has 0 bridgehead atoms. The average molecular weight is 292 g/mol. The number of carboxylic acids is 1. The maximum absolute atomic E-state index is 13.8. The minimum Gasteiger partial charge on any atom is -0.481 e. The number of carbonyl (C=O) groups is 1. The molecule has 0 unspecified atom stereocenters. The number of rotatable bonds is 4. The summed E-state index contributed by atoms with van der Waals surface area (Å²) in [6.07, 6.45) is 0.529. The van der Waals surface area contributed by atoms with E-state index in [4.69, 9.17) is 5.11 Å². The molecule has 0 heterocycles. The van der Waals surface area contributed by atoms with E-state index in [9.17, 15) is 22.0 Å². The fraction of sp³-hybridized carbons (Fsp3) is 0.417. The summed E-state index contributed by atoms with van der Waals surface area (Å²) in [7, 11) is -3.86. The van der Waals surface area contributed by atoms with E-state index in [0.717, 1.165) is 18.4 Å². The van der Waals surface area contributed by atoms with Crippen LogP contribution in [0.3, 0.4) is 0 Å². The summed E-state index contributed by atoms with van der Waals surface area (Å²) in [5, 5.41) is 8.93. The summed E-state index contributed by atoms with van der Waals surface area (Å²) in [4.78, 5) is 10.2. The molecule has 0 radical (unpaired) electrons. The van der Waals surface area contributed by atoms with Gasteiger partial charge in [0.2, 0.25) is 0 Å². The maximum atomic E-state index is 13.8. The molecule has 7 heteroatoms. The molecule has 19 heavy (non-hydrogen) atoms. The van der Waals surface area contributed by atoms with Crippen molar-refractivity contribution < 1.29 is 27.1 Å². The number of hydrogen-bond acceptors (Lipinski definition) is 3. The van der Waals surface area contributed by atoms with Gasteiger partial charge in [0.25, 0.3) is 0 Å². The molecule has 0 aliphatic heterocycles. The Morgan fingerprint density at radius 1 is 1.26 bits per heavy atom. The zero-order valence-electron chi connectivity index (χ0n) is 10.7. The third-order valence-corrected chi connectivity index (χ3v) is 3.85. The van der Waals surface area contributed by atoms with Gasteiger partial charge in [-0.2, -0.15) is 0 Å². The maximum Gasteiger partial charge on any atom is 0.309 e. The van der Waals surface area contributed by atoms with Gasteiger partial charge in [-0.15, -0.1) is 0 Å². The third-order valence-electron chi connectivity index (χ3n) is 2.74. The highest BCUT2D eigenvalue weighted by Crippen LogP contribution is 2.27. The number of hydrogen-bond donors (Lipinski definition) is 1. The van der Waals surface area contributed by atoms with Crippen molar-refractivity contribution in [1.29, 1.82) is 0 Å². The van der Waals surface area contributed by atoms with Crippen molar-refractivity contribution in [3.05, 3.63) is 29.3 Å². The van der Waals surface area contributed by atoms with Gasteiger partial charge in [0.15, 0.2) is 21.5 Å². The lowest BCUT2D eigenvalue weighted by Crippen LogP contribution is -2.27. The lowest BCUT2D eigenvalue weighted by molar-refractivity contribution is -0.146. The molecule has 4 nitrogen and oxygen atoms in total. The zero-order valence-corrected chi connectivity index (χ0v) is 11.5. The number of halogens is 2. The first-order valence-electron chi connectivity index (χ1n) is 5.37. The highest BCUT2D eigenvalue weighted by molar-refractivity contribution is 7.90. The van der Waals surface area contributed by atoms with E-state index >= 15 is 0 Å². The quantitative estimate of drug-likeness (QED) is 0.921. The summed E-state index contributed by atoms with van der Waals surface area (Å²) in [5.41, 5.74) is -1.45. The van der Waals surface area contributed by atoms with Crippen molar-refractivity contribution in [3.63, 3.8) is 0 Å². The fourth-order valence-corrected chi connectivity index (χ4v) is 2.28. The molecule has 0 amide bonds. The first kappa shape index (κ1) is 15.6. The second kappa shape index (κ2) is 4.88. The molecule has 0 fully saturated rings. The second-order valence-corrected chi connectivity index (χ2v) is 6.97. The Balaban J connectivity index is 3.29. The van der Waals surface area contributed by atoms with Crippen LogP contribution < -0.4 is 0 Å². The van der Waals surface area contributed by atoms with Crippen molar-refractivity contribution in [2.75, 3.05) is 6.26 Å². The number of sulfone groups is 1. The molecular weight excluding hydrogens is 278 g/mol. The lowest BCUT2D eigenvalue weighted by Gasteiger charge is -2.19. The highest BCUT2D eigenvalue weighted by atomic mass is 32.2. The van der Waals surface area contributed by atoms with Crippen molar-refractivity contribution >= 4 is 15.8 Å². The molecule has 0 atom stereocenters. The number of carboxylic acid groups (broad SMARTS) is 1. The molecule has 0 spiro atoms. The minimum atomic E-state index is -3.86. The molecule has 106 valence electrons. The van der Waals surface area contributed by atoms with Crippen LogP contribution in [0.25, 0.3) is 0 Å². The summed E-state index contributed by atoms with van der Waals surface area (Å²) < 4.78 is 49.8. The smallest absolute Gasteiger partial charge is 0.309 e. The number of benzene rings is 1. The van der Waals surface area contributed by atoms with Gasteiger partial charge in [-0.05, 0) is 31.9 Å². The Bertz CT molecular complexity index is 621. The van der Waals surface area contributed by atoms with E-state index in [1.807, 2.05) is 0 Å². The van der Waals surface area contributed by atoms with Gasteiger partial charge in [-0.3, -0.25) is 4.79 Å². The first-order valence-corrected chi connectivity index (χ1v) is 7.26. The number of aliphatic carboxylic acids is 1. The van der Waals surface area contributed by atoms with Gasteiger partial charge in [0, 0.05) is 6.26 Å². The third kappa shape index (κ3) is 3.28. The highest BCUT2D eigenvalue weighted by Gasteiger charge is 2.30. The lowest BCUT2D eigenvalue weighted by atomic mass is 9.86. The van der Waals surface area contributed by atoms with E-state index in [1.165, 1.54) is 13.8 Å². The van der Waals surface area contributed by atoms with Gasteiger partial charge < -0.3 is 5.11 Å². The molecular formula is C12H14F2O4S. The van der Waals surface area contributed by atoms with E-state index in [1.54, 1.807) is 0 Å². The topological polar surface area (TPSA) is 71.4 Å². The van der Waals surface area contributed by atoms with Crippen LogP contribution in [0.15, 0.2) is 17.0 Å². The second-order valence-electron chi connectivity index (χ2n) is 4.99. The van der Waals surface area contributed by atoms with E-state index in [-0.39, 0.29) is 12.0 Å². The molecule has 1 N–H and O–H groups in total. The van der Waals surface area contributed by atoms with Crippen LogP contribution in [0, 0.1) is 17.0 Å². The van der Waals surface area contributed by atoms with E-state index in [0.29, 0.717) is 0 Å². The van der Waals surface area contributed by atoms with Crippen molar-refractivity contribution in [3.8, 4) is 0 Å². The van der Waals surface area contributed by atoms with Crippen LogP contribution in [0.5, 0.6) is 0 Å². The Hall–Kier alpha value is -1.50. The van der Waals surface area contributed by atoms with Gasteiger partial charge >= 0.3 is 5.97 Å². The van der Waals surface area contributed by atoms with E-state index in [2.05, 4.69) is 0 Å². The van der Waals surface area contributed by atoms with Gasteiger partial charge in [-0.25, -0.2) is 17.2 Å². The van der Waals surface area contributed by atoms with Crippen molar-refractivity contribution in [1.82, 2.24) is 0 Å². The SMILES string of the molecule is CC(C)(Cc1ccc(S(C)(=O)=O)c(F)c1F)C(=O)O. The zero-order chi connectivity index (χ0) is 15.0. The first-order chi connectivity index (χ1) is 8.47. The molecule has 1 aromatic carbocycles. The standard InChI is InChI=1S/C12H14F2O4S/c1-12(2,11(15)16)6-7-4-5-8(19(3,17)18)10(14)9(7)13/h4-5H,6H2,1-3H3,(H,15,16). The predicted octanol–water partition coefficient (Wildman–Crippen LogP) is 2.02. The molecule has 0 aromatic heterocycles. The van der Waals surface area contributed by atoms with Crippen LogP contribution in [-0.2, 0) is 21.1 Å². The molecule has 1 rings (SSSR count). The molecule has 0 aliphatic rings. The molecule has 0 saturated heterocycles. The average Bonchev–Trinajstić information content (AvgIpc) is 2.22. The van der Waals surface area contributed by atoms with Crippen molar-refractivity contribution in [2.24, 2.45) is 5.41 Å². The van der Waals surface area contributed by atoms with Crippen LogP contribution in [0.2, 0.25) is 0 Å². The largest absolute Gasteiger partial charge is 0.481 e. The van der Waals surface area contributed by atoms with Crippen LogP contribution >= 0.6 is 0 Å². The van der Waals surface area contributed by atoms with Crippen LogP contribution in [-0.4, -0.2) is 25.7 Å².